The number of esters is 1. The Kier molecular flexibility index (Phi) is 6.39. The molecule has 1 aliphatic heterocycles. The van der Waals surface area contributed by atoms with Gasteiger partial charge >= 0.3 is 5.97 Å². The number of ether oxygens (including phenoxy) is 2. The number of hydrogen-bond donors (Lipinski definition) is 1. The summed E-state index contributed by atoms with van der Waals surface area (Å²) in [5, 5.41) is 3.21. The monoisotopic (exact) mass is 251 g/mol. The molecule has 18 heavy (non-hydrogen) atoms. The van der Waals surface area contributed by atoms with E-state index < -0.39 is 0 Å². The number of benzene rings is 1. The summed E-state index contributed by atoms with van der Waals surface area (Å²) in [4.78, 5) is 10.9. The van der Waals surface area contributed by atoms with Gasteiger partial charge in [0.1, 0.15) is 0 Å². The van der Waals surface area contributed by atoms with Crippen molar-refractivity contribution in [2.75, 3.05) is 26.8 Å². The van der Waals surface area contributed by atoms with Gasteiger partial charge in [-0.25, -0.2) is 4.79 Å². The van der Waals surface area contributed by atoms with Gasteiger partial charge in [0.05, 0.1) is 25.4 Å². The van der Waals surface area contributed by atoms with Gasteiger partial charge in [0.2, 0.25) is 0 Å². The minimum Gasteiger partial charge on any atom is -0.465 e. The summed E-state index contributed by atoms with van der Waals surface area (Å²) in [6.07, 6.45) is 0.425. The van der Waals surface area contributed by atoms with Crippen molar-refractivity contribution in [3.63, 3.8) is 0 Å². The molecule has 1 saturated heterocycles. The molecule has 0 aromatic heterocycles. The van der Waals surface area contributed by atoms with Crippen LogP contribution in [0.15, 0.2) is 24.3 Å². The smallest absolute Gasteiger partial charge is 0.337 e. The van der Waals surface area contributed by atoms with E-state index in [9.17, 15) is 4.79 Å². The molecule has 1 aromatic carbocycles. The first-order valence-corrected chi connectivity index (χ1v) is 6.10. The molecule has 100 valence electrons. The van der Waals surface area contributed by atoms with E-state index in [1.165, 1.54) is 7.11 Å². The molecule has 0 spiro atoms. The Hall–Kier alpha value is -1.39. The zero-order valence-corrected chi connectivity index (χ0v) is 11.2. The lowest BCUT2D eigenvalue weighted by atomic mass is 10.1. The van der Waals surface area contributed by atoms with E-state index in [4.69, 9.17) is 4.74 Å². The van der Waals surface area contributed by atoms with Crippen LogP contribution in [0.25, 0.3) is 0 Å². The second-order valence-electron chi connectivity index (χ2n) is 4.25. The predicted octanol–water partition coefficient (Wildman–Crippen LogP) is 1.78. The van der Waals surface area contributed by atoms with Gasteiger partial charge in [-0.2, -0.15) is 0 Å². The second-order valence-corrected chi connectivity index (χ2v) is 4.25. The van der Waals surface area contributed by atoms with Gasteiger partial charge in [-0.05, 0) is 26.0 Å². The Labute approximate surface area is 108 Å². The molecule has 0 amide bonds. The quantitative estimate of drug-likeness (QED) is 0.773. The summed E-state index contributed by atoms with van der Waals surface area (Å²) in [5.41, 5.74) is 1.67. The molecule has 1 atom stereocenters. The third-order valence-electron chi connectivity index (χ3n) is 2.55. The Morgan fingerprint density at radius 3 is 2.72 bits per heavy atom. The first-order chi connectivity index (χ1) is 8.63. The van der Waals surface area contributed by atoms with Crippen LogP contribution in [0.4, 0.5) is 0 Å². The Balaban J connectivity index is 0.000000199. The van der Waals surface area contributed by atoms with E-state index in [-0.39, 0.29) is 5.97 Å². The van der Waals surface area contributed by atoms with Crippen LogP contribution in [0.3, 0.4) is 0 Å². The Morgan fingerprint density at radius 2 is 2.28 bits per heavy atom. The van der Waals surface area contributed by atoms with Gasteiger partial charge in [-0.15, -0.1) is 0 Å². The number of methoxy groups -OCH3 is 1. The lowest BCUT2D eigenvalue weighted by Crippen LogP contribution is -2.36. The van der Waals surface area contributed by atoms with E-state index in [2.05, 4.69) is 17.0 Å². The van der Waals surface area contributed by atoms with Crippen LogP contribution in [0, 0.1) is 6.92 Å². The zero-order valence-electron chi connectivity index (χ0n) is 11.2. The van der Waals surface area contributed by atoms with Crippen molar-refractivity contribution in [3.8, 4) is 0 Å². The average molecular weight is 251 g/mol. The summed E-state index contributed by atoms with van der Waals surface area (Å²) in [7, 11) is 1.38. The van der Waals surface area contributed by atoms with Crippen molar-refractivity contribution in [2.24, 2.45) is 0 Å². The molecule has 4 nitrogen and oxygen atoms in total. The number of nitrogens with one attached hydrogen (secondary N) is 1. The van der Waals surface area contributed by atoms with Crippen molar-refractivity contribution in [1.82, 2.24) is 5.32 Å². The van der Waals surface area contributed by atoms with Crippen LogP contribution < -0.4 is 5.32 Å². The average Bonchev–Trinajstić information content (AvgIpc) is 2.39. The van der Waals surface area contributed by atoms with Gasteiger partial charge < -0.3 is 14.8 Å². The summed E-state index contributed by atoms with van der Waals surface area (Å²) in [6, 6.07) is 7.30. The van der Waals surface area contributed by atoms with Gasteiger partial charge in [0.25, 0.3) is 0 Å². The normalized spacial score (nSPS) is 18.5. The topological polar surface area (TPSA) is 47.6 Å². The Bertz CT molecular complexity index is 373. The summed E-state index contributed by atoms with van der Waals surface area (Å²) in [5.74, 6) is -0.284. The van der Waals surface area contributed by atoms with E-state index in [0.717, 1.165) is 25.3 Å². The molecular formula is C14H21NO3. The van der Waals surface area contributed by atoms with Crippen molar-refractivity contribution >= 4 is 5.97 Å². The third kappa shape index (κ3) is 5.29. The largest absolute Gasteiger partial charge is 0.465 e. The fourth-order valence-corrected chi connectivity index (χ4v) is 1.59. The third-order valence-corrected chi connectivity index (χ3v) is 2.55. The first-order valence-electron chi connectivity index (χ1n) is 6.10. The number of carbonyl (C=O) groups excluding carboxylic acids is 1. The fraction of sp³-hybridized carbons (Fsp3) is 0.500. The Morgan fingerprint density at radius 1 is 1.50 bits per heavy atom. The van der Waals surface area contributed by atoms with Crippen molar-refractivity contribution < 1.29 is 14.3 Å². The minimum atomic E-state index is -0.284. The summed E-state index contributed by atoms with van der Waals surface area (Å²) < 4.78 is 9.77. The van der Waals surface area contributed by atoms with Gasteiger partial charge in [-0.3, -0.25) is 0 Å². The molecule has 0 bridgehead atoms. The highest BCUT2D eigenvalue weighted by molar-refractivity contribution is 5.89. The molecule has 1 aromatic rings. The molecule has 0 saturated carbocycles. The SMILES string of the molecule is CC1CNCCO1.COC(=O)c1cccc(C)c1. The van der Waals surface area contributed by atoms with Gasteiger partial charge in [0, 0.05) is 13.1 Å². The molecule has 1 unspecified atom stereocenters. The lowest BCUT2D eigenvalue weighted by Gasteiger charge is -2.18. The van der Waals surface area contributed by atoms with Crippen LogP contribution >= 0.6 is 0 Å². The van der Waals surface area contributed by atoms with Crippen LogP contribution in [-0.2, 0) is 9.47 Å². The van der Waals surface area contributed by atoms with Crippen molar-refractivity contribution in [2.45, 2.75) is 20.0 Å². The van der Waals surface area contributed by atoms with Crippen LogP contribution in [0.2, 0.25) is 0 Å². The maximum Gasteiger partial charge on any atom is 0.337 e. The number of carbonyl (C=O) groups is 1. The maximum atomic E-state index is 10.9. The van der Waals surface area contributed by atoms with Crippen LogP contribution in [0.1, 0.15) is 22.8 Å². The fourth-order valence-electron chi connectivity index (χ4n) is 1.59. The first kappa shape index (κ1) is 14.7. The molecule has 1 heterocycles. The van der Waals surface area contributed by atoms with E-state index in [1.807, 2.05) is 19.1 Å². The van der Waals surface area contributed by atoms with Gasteiger partial charge in [-0.1, -0.05) is 17.7 Å². The summed E-state index contributed by atoms with van der Waals surface area (Å²) in [6.45, 7) is 6.92. The van der Waals surface area contributed by atoms with Crippen LogP contribution in [-0.4, -0.2) is 38.9 Å². The lowest BCUT2D eigenvalue weighted by molar-refractivity contribution is 0.0410. The number of aryl methyl sites for hydroxylation is 1. The molecule has 1 N–H and O–H groups in total. The highest BCUT2D eigenvalue weighted by Gasteiger charge is 2.04. The van der Waals surface area contributed by atoms with Gasteiger partial charge in [0.15, 0.2) is 0 Å². The maximum absolute atomic E-state index is 10.9. The molecule has 4 heteroatoms. The molecule has 0 aliphatic carbocycles. The van der Waals surface area contributed by atoms with Crippen LogP contribution in [0.5, 0.6) is 0 Å². The number of morpholine rings is 1. The molecule has 0 radical (unpaired) electrons. The molecular weight excluding hydrogens is 230 g/mol. The molecule has 2 rings (SSSR count). The predicted molar refractivity (Wildman–Crippen MR) is 70.8 cm³/mol. The molecule has 1 fully saturated rings. The van der Waals surface area contributed by atoms with E-state index in [0.29, 0.717) is 11.7 Å². The summed E-state index contributed by atoms with van der Waals surface area (Å²) >= 11 is 0. The minimum absolute atomic E-state index is 0.284. The standard InChI is InChI=1S/C9H10O2.C5H11NO/c1-7-4-3-5-8(6-7)9(10)11-2;1-5-4-6-2-3-7-5/h3-6H,1-2H3;5-6H,2-4H2,1H3. The zero-order chi connectivity index (χ0) is 13.4. The second kappa shape index (κ2) is 7.84. The highest BCUT2D eigenvalue weighted by atomic mass is 16.5. The van der Waals surface area contributed by atoms with Crippen molar-refractivity contribution in [1.29, 1.82) is 0 Å². The highest BCUT2D eigenvalue weighted by Crippen LogP contribution is 2.04. The number of rotatable bonds is 1. The molecule has 1 aliphatic rings. The number of hydrogen-bond acceptors (Lipinski definition) is 4. The van der Waals surface area contributed by atoms with Crippen molar-refractivity contribution in [3.05, 3.63) is 35.4 Å². The van der Waals surface area contributed by atoms with E-state index in [1.54, 1.807) is 12.1 Å². The van der Waals surface area contributed by atoms with E-state index >= 15 is 0 Å².